The summed E-state index contributed by atoms with van der Waals surface area (Å²) < 4.78 is 30.7. The summed E-state index contributed by atoms with van der Waals surface area (Å²) in [5.74, 6) is -0.202. The summed E-state index contributed by atoms with van der Waals surface area (Å²) in [6, 6.07) is 18.9. The third-order valence-electron chi connectivity index (χ3n) is 5.08. The smallest absolute Gasteiger partial charge is 0.291 e. The molecule has 0 fully saturated rings. The molecular weight excluding hydrogens is 413 g/mol. The number of rotatable bonds is 4. The maximum Gasteiger partial charge on any atom is 0.291 e. The molecule has 0 spiro atoms. The van der Waals surface area contributed by atoms with Crippen molar-refractivity contribution in [3.05, 3.63) is 94.6 Å². The predicted octanol–water partition coefficient (Wildman–Crippen LogP) is 5.61. The summed E-state index contributed by atoms with van der Waals surface area (Å²) in [7, 11) is 1.52. The zero-order chi connectivity index (χ0) is 22.2. The fraction of sp³-hybridized carbons (Fsp3) is 0.0400. The number of hydrogen-bond acceptors (Lipinski definition) is 5. The number of halogens is 1. The summed E-state index contributed by atoms with van der Waals surface area (Å²) in [5, 5.41) is 3.71. The number of hydrogen-bond donors (Lipinski definition) is 1. The van der Waals surface area contributed by atoms with Crippen molar-refractivity contribution in [2.24, 2.45) is 0 Å². The molecule has 2 aromatic heterocycles. The van der Waals surface area contributed by atoms with E-state index in [4.69, 9.17) is 13.6 Å². The van der Waals surface area contributed by atoms with Crippen molar-refractivity contribution < 1.29 is 22.8 Å². The van der Waals surface area contributed by atoms with Gasteiger partial charge in [0.2, 0.25) is 0 Å². The molecule has 0 aliphatic rings. The number of ether oxygens (including phenoxy) is 1. The number of methoxy groups -OCH3 is 1. The number of para-hydroxylation sites is 1. The minimum Gasteiger partial charge on any atom is -0.493 e. The summed E-state index contributed by atoms with van der Waals surface area (Å²) in [4.78, 5) is 25.3. The summed E-state index contributed by atoms with van der Waals surface area (Å²) >= 11 is 0. The van der Waals surface area contributed by atoms with Crippen LogP contribution < -0.4 is 15.5 Å². The molecule has 0 atom stereocenters. The van der Waals surface area contributed by atoms with E-state index in [1.165, 1.54) is 31.4 Å². The molecule has 158 valence electrons. The zero-order valence-electron chi connectivity index (χ0n) is 16.8. The number of benzene rings is 3. The number of carbonyl (C=O) groups excluding carboxylic acids is 1. The Kier molecular flexibility index (Phi) is 4.71. The van der Waals surface area contributed by atoms with E-state index in [1.807, 2.05) is 6.07 Å². The van der Waals surface area contributed by atoms with E-state index in [9.17, 15) is 14.0 Å². The number of nitrogens with one attached hydrogen (secondary N) is 1. The van der Waals surface area contributed by atoms with Gasteiger partial charge in [0.15, 0.2) is 22.5 Å². The number of anilines is 1. The molecule has 0 saturated carbocycles. The summed E-state index contributed by atoms with van der Waals surface area (Å²) in [5.41, 5.74) is 0.987. The fourth-order valence-corrected chi connectivity index (χ4v) is 3.53. The second-order valence-corrected chi connectivity index (χ2v) is 7.11. The van der Waals surface area contributed by atoms with Crippen molar-refractivity contribution in [2.75, 3.05) is 12.4 Å². The van der Waals surface area contributed by atoms with Crippen molar-refractivity contribution in [3.63, 3.8) is 0 Å². The van der Waals surface area contributed by atoms with Gasteiger partial charge in [-0.15, -0.1) is 0 Å². The van der Waals surface area contributed by atoms with Crippen LogP contribution in [0.4, 0.5) is 10.1 Å². The first-order valence-corrected chi connectivity index (χ1v) is 9.74. The van der Waals surface area contributed by atoms with Crippen molar-refractivity contribution in [1.82, 2.24) is 0 Å². The van der Waals surface area contributed by atoms with Gasteiger partial charge in [-0.1, -0.05) is 24.3 Å². The van der Waals surface area contributed by atoms with Crippen LogP contribution in [0.1, 0.15) is 10.6 Å². The number of amides is 1. The van der Waals surface area contributed by atoms with Crippen LogP contribution in [0.15, 0.2) is 86.4 Å². The summed E-state index contributed by atoms with van der Waals surface area (Å²) in [6.45, 7) is 0. The Labute approximate surface area is 180 Å². The van der Waals surface area contributed by atoms with E-state index in [2.05, 4.69) is 5.32 Å². The number of furan rings is 1. The molecule has 0 radical (unpaired) electrons. The van der Waals surface area contributed by atoms with Gasteiger partial charge < -0.3 is 18.9 Å². The third-order valence-corrected chi connectivity index (χ3v) is 5.08. The Morgan fingerprint density at radius 3 is 2.62 bits per heavy atom. The van der Waals surface area contributed by atoms with Crippen molar-refractivity contribution in [2.45, 2.75) is 0 Å². The predicted molar refractivity (Wildman–Crippen MR) is 119 cm³/mol. The van der Waals surface area contributed by atoms with E-state index in [1.54, 1.807) is 42.5 Å². The SMILES string of the molecule is COc1cccc2cc(C(=O)Nc3ccc4oc(-c5ccccc5F)cc(=O)c4c3)oc12. The van der Waals surface area contributed by atoms with Crippen LogP contribution >= 0.6 is 0 Å². The average molecular weight is 429 g/mol. The average Bonchev–Trinajstić information content (AvgIpc) is 3.24. The monoisotopic (exact) mass is 429 g/mol. The van der Waals surface area contributed by atoms with Gasteiger partial charge in [-0.25, -0.2) is 4.39 Å². The molecule has 32 heavy (non-hydrogen) atoms. The lowest BCUT2D eigenvalue weighted by molar-refractivity contribution is 0.0998. The van der Waals surface area contributed by atoms with Crippen molar-refractivity contribution >= 4 is 33.5 Å². The molecule has 1 N–H and O–H groups in total. The number of fused-ring (bicyclic) bond motifs is 2. The molecule has 2 heterocycles. The lowest BCUT2D eigenvalue weighted by Crippen LogP contribution is -2.11. The molecule has 7 heteroatoms. The topological polar surface area (TPSA) is 81.7 Å². The van der Waals surface area contributed by atoms with Crippen LogP contribution in [0, 0.1) is 5.82 Å². The van der Waals surface area contributed by atoms with Crippen LogP contribution in [0.5, 0.6) is 5.75 Å². The van der Waals surface area contributed by atoms with Gasteiger partial charge in [-0.05, 0) is 42.5 Å². The maximum absolute atomic E-state index is 14.1. The molecule has 3 aromatic carbocycles. The first-order valence-electron chi connectivity index (χ1n) is 9.74. The van der Waals surface area contributed by atoms with Crippen LogP contribution in [0.25, 0.3) is 33.3 Å². The molecule has 1 amide bonds. The highest BCUT2D eigenvalue weighted by molar-refractivity contribution is 6.05. The molecule has 5 aromatic rings. The minimum atomic E-state index is -0.485. The normalized spacial score (nSPS) is 11.1. The highest BCUT2D eigenvalue weighted by Crippen LogP contribution is 2.29. The lowest BCUT2D eigenvalue weighted by Gasteiger charge is -2.07. The Morgan fingerprint density at radius 1 is 0.969 bits per heavy atom. The molecule has 0 unspecified atom stereocenters. The van der Waals surface area contributed by atoms with Gasteiger partial charge >= 0.3 is 0 Å². The Balaban J connectivity index is 1.47. The van der Waals surface area contributed by atoms with E-state index in [0.717, 1.165) is 5.39 Å². The number of carbonyl (C=O) groups is 1. The highest BCUT2D eigenvalue weighted by Gasteiger charge is 2.16. The van der Waals surface area contributed by atoms with Crippen LogP contribution in [-0.2, 0) is 0 Å². The Morgan fingerprint density at radius 2 is 1.81 bits per heavy atom. The molecule has 6 nitrogen and oxygen atoms in total. The van der Waals surface area contributed by atoms with Gasteiger partial charge in [0.05, 0.1) is 18.1 Å². The first kappa shape index (κ1) is 19.6. The van der Waals surface area contributed by atoms with Gasteiger partial charge in [0.25, 0.3) is 5.91 Å². The van der Waals surface area contributed by atoms with E-state index >= 15 is 0 Å². The molecule has 0 aliphatic heterocycles. The van der Waals surface area contributed by atoms with Gasteiger partial charge in [-0.3, -0.25) is 9.59 Å². The summed E-state index contributed by atoms with van der Waals surface area (Å²) in [6.07, 6.45) is 0. The molecule has 0 aliphatic carbocycles. The van der Waals surface area contributed by atoms with Gasteiger partial charge in [-0.2, -0.15) is 0 Å². The molecular formula is C25H16FNO5. The second kappa shape index (κ2) is 7.70. The third kappa shape index (κ3) is 3.39. The van der Waals surface area contributed by atoms with E-state index < -0.39 is 11.7 Å². The Hall–Kier alpha value is -4.39. The fourth-order valence-electron chi connectivity index (χ4n) is 3.53. The van der Waals surface area contributed by atoms with Crippen LogP contribution in [-0.4, -0.2) is 13.0 Å². The molecule has 0 saturated heterocycles. The van der Waals surface area contributed by atoms with Crippen molar-refractivity contribution in [3.8, 4) is 17.1 Å². The van der Waals surface area contributed by atoms with Gasteiger partial charge in [0, 0.05) is 17.1 Å². The van der Waals surface area contributed by atoms with Gasteiger partial charge in [0.1, 0.15) is 17.2 Å². The molecule has 0 bridgehead atoms. The second-order valence-electron chi connectivity index (χ2n) is 7.11. The van der Waals surface area contributed by atoms with Crippen LogP contribution in [0.3, 0.4) is 0 Å². The standard InChI is InChI=1S/C25H16FNO5/c1-30-21-8-4-5-14-11-23(32-24(14)21)25(29)27-15-9-10-20-17(12-15)19(28)13-22(31-20)16-6-2-3-7-18(16)26/h2-13H,1H3,(H,27,29). The van der Waals surface area contributed by atoms with E-state index in [0.29, 0.717) is 17.0 Å². The van der Waals surface area contributed by atoms with E-state index in [-0.39, 0.29) is 33.5 Å². The maximum atomic E-state index is 14.1. The quantitative estimate of drug-likeness (QED) is 0.402. The van der Waals surface area contributed by atoms with Crippen LogP contribution in [0.2, 0.25) is 0 Å². The first-order chi connectivity index (χ1) is 15.5. The lowest BCUT2D eigenvalue weighted by atomic mass is 10.1. The van der Waals surface area contributed by atoms with Crippen molar-refractivity contribution in [1.29, 1.82) is 0 Å². The highest BCUT2D eigenvalue weighted by atomic mass is 19.1. The Bertz CT molecular complexity index is 1550. The zero-order valence-corrected chi connectivity index (χ0v) is 16.8. The largest absolute Gasteiger partial charge is 0.493 e. The minimum absolute atomic E-state index is 0.103. The molecule has 5 rings (SSSR count).